The number of rotatable bonds is 4. The summed E-state index contributed by atoms with van der Waals surface area (Å²) in [6.07, 6.45) is 2.59. The van der Waals surface area contributed by atoms with Crippen molar-refractivity contribution in [3.8, 4) is 0 Å². The highest BCUT2D eigenvalue weighted by molar-refractivity contribution is 5.81. The molecule has 6 nitrogen and oxygen atoms in total. The Morgan fingerprint density at radius 1 is 1.30 bits per heavy atom. The van der Waals surface area contributed by atoms with E-state index in [1.54, 1.807) is 10.6 Å². The molecule has 1 aliphatic carbocycles. The molecule has 1 N–H and O–H groups in total. The molecule has 2 fully saturated rings. The predicted octanol–water partition coefficient (Wildman–Crippen LogP) is 1.97. The van der Waals surface area contributed by atoms with Crippen LogP contribution in [0.15, 0.2) is 29.1 Å². The first kappa shape index (κ1) is 18.2. The van der Waals surface area contributed by atoms with Gasteiger partial charge >= 0.3 is 0 Å². The number of aryl methyl sites for hydroxylation is 1. The molecule has 2 heterocycles. The van der Waals surface area contributed by atoms with Crippen molar-refractivity contribution in [3.63, 3.8) is 0 Å². The Morgan fingerprint density at radius 3 is 2.59 bits per heavy atom. The lowest BCUT2D eigenvalue weighted by Gasteiger charge is -2.39. The Kier molecular flexibility index (Phi) is 4.54. The third kappa shape index (κ3) is 3.38. The summed E-state index contributed by atoms with van der Waals surface area (Å²) in [6, 6.07) is 7.33. The normalized spacial score (nSPS) is 24.2. The molecule has 1 amide bonds. The molecule has 1 aromatic heterocycles. The smallest absolute Gasteiger partial charge is 0.261 e. The molecule has 0 spiro atoms. The molecule has 0 radical (unpaired) electrons. The Balaban J connectivity index is 1.54. The standard InChI is InChI=1S/C21H27N3O3/c1-3-18-22-17-7-5-4-6-15(17)20(26)24(18)13-21(27)8-10-23(11-9-21)19(25)16-12-14(16)2/h4-7,14,16,27H,3,8-13H2,1-2H3/t14-,16-/m0/s1. The molecule has 0 bridgehead atoms. The minimum atomic E-state index is -0.982. The van der Waals surface area contributed by atoms with Crippen LogP contribution >= 0.6 is 0 Å². The van der Waals surface area contributed by atoms with E-state index in [2.05, 4.69) is 11.9 Å². The van der Waals surface area contributed by atoms with Crippen molar-refractivity contribution >= 4 is 16.8 Å². The average Bonchev–Trinajstić information content (AvgIpc) is 3.40. The highest BCUT2D eigenvalue weighted by Crippen LogP contribution is 2.40. The van der Waals surface area contributed by atoms with Crippen LogP contribution < -0.4 is 5.56 Å². The second-order valence-corrected chi connectivity index (χ2v) is 8.16. The lowest BCUT2D eigenvalue weighted by atomic mass is 9.90. The van der Waals surface area contributed by atoms with E-state index in [1.807, 2.05) is 30.0 Å². The largest absolute Gasteiger partial charge is 0.388 e. The molecule has 1 aliphatic heterocycles. The number of nitrogens with zero attached hydrogens (tertiary/aromatic N) is 3. The van der Waals surface area contributed by atoms with Gasteiger partial charge in [-0.2, -0.15) is 0 Å². The maximum Gasteiger partial charge on any atom is 0.261 e. The first-order valence-corrected chi connectivity index (χ1v) is 9.91. The molecule has 1 saturated heterocycles. The van der Waals surface area contributed by atoms with E-state index in [9.17, 15) is 14.7 Å². The van der Waals surface area contributed by atoms with Crippen molar-refractivity contribution in [1.29, 1.82) is 0 Å². The highest BCUT2D eigenvalue weighted by atomic mass is 16.3. The van der Waals surface area contributed by atoms with Gasteiger partial charge in [-0.05, 0) is 37.3 Å². The van der Waals surface area contributed by atoms with Crippen molar-refractivity contribution in [2.75, 3.05) is 13.1 Å². The topological polar surface area (TPSA) is 75.4 Å². The number of carbonyl (C=O) groups is 1. The first-order valence-electron chi connectivity index (χ1n) is 9.91. The van der Waals surface area contributed by atoms with Crippen LogP contribution in [0, 0.1) is 11.8 Å². The number of para-hydroxylation sites is 1. The van der Waals surface area contributed by atoms with Gasteiger partial charge < -0.3 is 10.0 Å². The maximum absolute atomic E-state index is 13.0. The van der Waals surface area contributed by atoms with E-state index in [0.717, 1.165) is 6.42 Å². The average molecular weight is 369 g/mol. The van der Waals surface area contributed by atoms with E-state index < -0.39 is 5.60 Å². The van der Waals surface area contributed by atoms with Crippen LogP contribution in [0.4, 0.5) is 0 Å². The van der Waals surface area contributed by atoms with Crippen LogP contribution in [0.3, 0.4) is 0 Å². The molecule has 1 aromatic carbocycles. The molecule has 2 atom stereocenters. The van der Waals surface area contributed by atoms with Gasteiger partial charge in [-0.1, -0.05) is 26.0 Å². The molecule has 0 unspecified atom stereocenters. The van der Waals surface area contributed by atoms with E-state index >= 15 is 0 Å². The van der Waals surface area contributed by atoms with Crippen molar-refractivity contribution in [3.05, 3.63) is 40.4 Å². The maximum atomic E-state index is 13.0. The van der Waals surface area contributed by atoms with Crippen molar-refractivity contribution in [2.45, 2.75) is 51.7 Å². The number of aliphatic hydroxyl groups is 1. The van der Waals surface area contributed by atoms with Crippen LogP contribution in [-0.2, 0) is 17.8 Å². The van der Waals surface area contributed by atoms with Gasteiger partial charge in [0.25, 0.3) is 5.56 Å². The lowest BCUT2D eigenvalue weighted by Crippen LogP contribution is -2.50. The number of benzene rings is 1. The van der Waals surface area contributed by atoms with Crippen LogP contribution in [0.5, 0.6) is 0 Å². The van der Waals surface area contributed by atoms with Gasteiger partial charge in [-0.15, -0.1) is 0 Å². The number of aromatic nitrogens is 2. The Hall–Kier alpha value is -2.21. The van der Waals surface area contributed by atoms with Crippen LogP contribution in [-0.4, -0.2) is 44.2 Å². The van der Waals surface area contributed by atoms with Crippen LogP contribution in [0.1, 0.15) is 38.9 Å². The molecule has 144 valence electrons. The predicted molar refractivity (Wildman–Crippen MR) is 103 cm³/mol. The summed E-state index contributed by atoms with van der Waals surface area (Å²) >= 11 is 0. The monoisotopic (exact) mass is 369 g/mol. The van der Waals surface area contributed by atoms with E-state index in [0.29, 0.717) is 55.0 Å². The third-order valence-electron chi connectivity index (χ3n) is 6.14. The Bertz CT molecular complexity index is 928. The van der Waals surface area contributed by atoms with Gasteiger partial charge in [0.2, 0.25) is 5.91 Å². The quantitative estimate of drug-likeness (QED) is 0.894. The molecular weight excluding hydrogens is 342 g/mol. The summed E-state index contributed by atoms with van der Waals surface area (Å²) in [6.45, 7) is 5.41. The lowest BCUT2D eigenvalue weighted by molar-refractivity contribution is -0.137. The van der Waals surface area contributed by atoms with Gasteiger partial charge in [-0.3, -0.25) is 14.2 Å². The molecule has 2 aromatic rings. The molecular formula is C21H27N3O3. The van der Waals surface area contributed by atoms with Gasteiger partial charge in [0, 0.05) is 25.4 Å². The summed E-state index contributed by atoms with van der Waals surface area (Å²) in [5.41, 5.74) is -0.387. The fourth-order valence-electron chi connectivity index (χ4n) is 4.14. The summed E-state index contributed by atoms with van der Waals surface area (Å²) in [5, 5.41) is 11.7. The first-order chi connectivity index (χ1) is 12.9. The number of piperidine rings is 1. The second-order valence-electron chi connectivity index (χ2n) is 8.16. The number of fused-ring (bicyclic) bond motifs is 1. The zero-order valence-corrected chi connectivity index (χ0v) is 16.0. The fraction of sp³-hybridized carbons (Fsp3) is 0.571. The molecule has 6 heteroatoms. The summed E-state index contributed by atoms with van der Waals surface area (Å²) in [5.74, 6) is 1.59. The summed E-state index contributed by atoms with van der Waals surface area (Å²) < 4.78 is 1.63. The van der Waals surface area contributed by atoms with E-state index in [4.69, 9.17) is 0 Å². The molecule has 27 heavy (non-hydrogen) atoms. The van der Waals surface area contributed by atoms with E-state index in [-0.39, 0.29) is 23.9 Å². The Morgan fingerprint density at radius 2 is 1.96 bits per heavy atom. The van der Waals surface area contributed by atoms with Gasteiger partial charge in [-0.25, -0.2) is 4.98 Å². The van der Waals surface area contributed by atoms with Gasteiger partial charge in [0.05, 0.1) is 23.0 Å². The van der Waals surface area contributed by atoms with Crippen molar-refractivity contribution in [1.82, 2.24) is 14.5 Å². The number of amides is 1. The van der Waals surface area contributed by atoms with E-state index in [1.165, 1.54) is 0 Å². The van der Waals surface area contributed by atoms with Crippen LogP contribution in [0.25, 0.3) is 10.9 Å². The van der Waals surface area contributed by atoms with Crippen molar-refractivity contribution in [2.24, 2.45) is 11.8 Å². The number of hydrogen-bond acceptors (Lipinski definition) is 4. The summed E-state index contributed by atoms with van der Waals surface area (Å²) in [4.78, 5) is 31.9. The Labute approximate surface area is 158 Å². The summed E-state index contributed by atoms with van der Waals surface area (Å²) in [7, 11) is 0. The molecule has 1 saturated carbocycles. The molecule has 2 aliphatic rings. The zero-order chi connectivity index (χ0) is 19.2. The minimum absolute atomic E-state index is 0.101. The fourth-order valence-corrected chi connectivity index (χ4v) is 4.14. The van der Waals surface area contributed by atoms with Crippen molar-refractivity contribution < 1.29 is 9.90 Å². The third-order valence-corrected chi connectivity index (χ3v) is 6.14. The minimum Gasteiger partial charge on any atom is -0.388 e. The van der Waals surface area contributed by atoms with Gasteiger partial charge in [0.1, 0.15) is 5.82 Å². The highest BCUT2D eigenvalue weighted by Gasteiger charge is 2.43. The SMILES string of the molecule is CCc1nc2ccccc2c(=O)n1CC1(O)CCN(C(=O)[C@H]2C[C@@H]2C)CC1. The second kappa shape index (κ2) is 6.75. The van der Waals surface area contributed by atoms with Crippen LogP contribution in [0.2, 0.25) is 0 Å². The molecule has 4 rings (SSSR count). The number of carbonyl (C=O) groups excluding carboxylic acids is 1. The van der Waals surface area contributed by atoms with Gasteiger partial charge in [0.15, 0.2) is 0 Å². The number of likely N-dealkylation sites (tertiary alicyclic amines) is 1. The zero-order valence-electron chi connectivity index (χ0n) is 16.0. The number of hydrogen-bond donors (Lipinski definition) is 1.